The summed E-state index contributed by atoms with van der Waals surface area (Å²) in [6.45, 7) is 2.19. The first-order valence-corrected chi connectivity index (χ1v) is 5.56. The summed E-state index contributed by atoms with van der Waals surface area (Å²) >= 11 is 0. The van der Waals surface area contributed by atoms with E-state index in [1.54, 1.807) is 13.2 Å². The number of nitrogens with one attached hydrogen (secondary N) is 1. The molecule has 1 aromatic rings. The molecule has 1 N–H and O–H groups in total. The van der Waals surface area contributed by atoms with Gasteiger partial charge in [-0.2, -0.15) is 0 Å². The lowest BCUT2D eigenvalue weighted by molar-refractivity contribution is 0.199. The molecule has 0 heterocycles. The molecule has 0 aliphatic carbocycles. The van der Waals surface area contributed by atoms with Crippen molar-refractivity contribution >= 4 is 6.08 Å². The molecule has 0 aliphatic heterocycles. The number of ether oxygens (including phenoxy) is 1. The fourth-order valence-electron chi connectivity index (χ4n) is 1.36. The number of halogens is 2. The van der Waals surface area contributed by atoms with Gasteiger partial charge in [0.05, 0.1) is 6.61 Å². The molecule has 94 valence electrons. The summed E-state index contributed by atoms with van der Waals surface area (Å²) in [4.78, 5) is 0. The van der Waals surface area contributed by atoms with Crippen molar-refractivity contribution in [1.82, 2.24) is 5.32 Å². The Morgan fingerprint density at radius 1 is 1.24 bits per heavy atom. The third-order valence-electron chi connectivity index (χ3n) is 2.25. The van der Waals surface area contributed by atoms with Gasteiger partial charge in [0.15, 0.2) is 0 Å². The Bertz CT molecular complexity index is 346. The maximum absolute atomic E-state index is 13.2. The van der Waals surface area contributed by atoms with E-state index in [2.05, 4.69) is 5.32 Å². The van der Waals surface area contributed by atoms with Crippen LogP contribution >= 0.6 is 0 Å². The molecule has 0 aliphatic rings. The van der Waals surface area contributed by atoms with Crippen LogP contribution in [0.5, 0.6) is 0 Å². The molecule has 1 rings (SSSR count). The average Bonchev–Trinajstić information content (AvgIpc) is 2.31. The summed E-state index contributed by atoms with van der Waals surface area (Å²) in [5.74, 6) is -1.07. The monoisotopic (exact) mass is 241 g/mol. The molecule has 0 bridgehead atoms. The Morgan fingerprint density at radius 3 is 2.59 bits per heavy atom. The molecular formula is C13H17F2NO. The molecular weight excluding hydrogens is 224 g/mol. The van der Waals surface area contributed by atoms with E-state index in [0.717, 1.165) is 19.5 Å². The van der Waals surface area contributed by atoms with Crippen LogP contribution in [-0.4, -0.2) is 26.8 Å². The van der Waals surface area contributed by atoms with E-state index in [1.165, 1.54) is 24.3 Å². The quantitative estimate of drug-likeness (QED) is 0.741. The largest absolute Gasteiger partial charge is 0.383 e. The van der Waals surface area contributed by atoms with Crippen molar-refractivity contribution in [3.63, 3.8) is 0 Å². The van der Waals surface area contributed by atoms with Crippen molar-refractivity contribution in [2.24, 2.45) is 0 Å². The lowest BCUT2D eigenvalue weighted by atomic mass is 10.1. The number of hydrogen-bond donors (Lipinski definition) is 1. The molecule has 0 amide bonds. The van der Waals surface area contributed by atoms with E-state index in [9.17, 15) is 8.78 Å². The molecule has 0 saturated carbocycles. The molecule has 0 unspecified atom stereocenters. The lowest BCUT2D eigenvalue weighted by Crippen LogP contribution is -2.19. The summed E-state index contributed by atoms with van der Waals surface area (Å²) in [7, 11) is 1.64. The van der Waals surface area contributed by atoms with Crippen LogP contribution in [0.1, 0.15) is 12.0 Å². The Labute approximate surface area is 100 Å². The second kappa shape index (κ2) is 7.92. The summed E-state index contributed by atoms with van der Waals surface area (Å²) < 4.78 is 31.3. The van der Waals surface area contributed by atoms with E-state index in [-0.39, 0.29) is 5.56 Å². The van der Waals surface area contributed by atoms with Gasteiger partial charge >= 0.3 is 0 Å². The molecule has 0 fully saturated rings. The smallest absolute Gasteiger partial charge is 0.133 e. The second-order valence-electron chi connectivity index (χ2n) is 3.57. The van der Waals surface area contributed by atoms with Gasteiger partial charge in [0.2, 0.25) is 0 Å². The number of benzene rings is 1. The maximum Gasteiger partial charge on any atom is 0.133 e. The fourth-order valence-corrected chi connectivity index (χ4v) is 1.36. The summed E-state index contributed by atoms with van der Waals surface area (Å²) in [5, 5.41) is 3.14. The van der Waals surface area contributed by atoms with E-state index in [4.69, 9.17) is 4.74 Å². The van der Waals surface area contributed by atoms with Crippen LogP contribution in [0, 0.1) is 11.6 Å². The van der Waals surface area contributed by atoms with Gasteiger partial charge in [0, 0.05) is 19.2 Å². The predicted octanol–water partition coefficient (Wildman–Crippen LogP) is 2.60. The minimum atomic E-state index is -0.534. The molecule has 0 atom stereocenters. The molecule has 2 nitrogen and oxygen atoms in total. The highest BCUT2D eigenvalue weighted by atomic mass is 19.1. The Kier molecular flexibility index (Phi) is 6.43. The minimum absolute atomic E-state index is 0.0180. The SMILES string of the molecule is COCCNCCC=Cc1c(F)cccc1F. The molecule has 0 spiro atoms. The van der Waals surface area contributed by atoms with Crippen LogP contribution in [0.2, 0.25) is 0 Å². The van der Waals surface area contributed by atoms with Gasteiger partial charge in [-0.1, -0.05) is 18.2 Å². The van der Waals surface area contributed by atoms with E-state index in [1.807, 2.05) is 0 Å². The third kappa shape index (κ3) is 5.06. The summed E-state index contributed by atoms with van der Waals surface area (Å²) in [6.07, 6.45) is 3.95. The van der Waals surface area contributed by atoms with Crippen molar-refractivity contribution in [2.75, 3.05) is 26.8 Å². The first-order valence-electron chi connectivity index (χ1n) is 5.56. The summed E-state index contributed by atoms with van der Waals surface area (Å²) in [6, 6.07) is 3.85. The molecule has 0 radical (unpaired) electrons. The lowest BCUT2D eigenvalue weighted by Gasteiger charge is -2.01. The highest BCUT2D eigenvalue weighted by Gasteiger charge is 2.03. The zero-order valence-corrected chi connectivity index (χ0v) is 9.88. The Hall–Kier alpha value is -1.26. The highest BCUT2D eigenvalue weighted by molar-refractivity contribution is 5.50. The van der Waals surface area contributed by atoms with E-state index < -0.39 is 11.6 Å². The van der Waals surface area contributed by atoms with Gasteiger partial charge in [0.1, 0.15) is 11.6 Å². The van der Waals surface area contributed by atoms with Gasteiger partial charge in [-0.3, -0.25) is 0 Å². The zero-order valence-electron chi connectivity index (χ0n) is 9.88. The van der Waals surface area contributed by atoms with Crippen LogP contribution in [0.25, 0.3) is 6.08 Å². The first kappa shape index (κ1) is 13.8. The first-order chi connectivity index (χ1) is 8.25. The highest BCUT2D eigenvalue weighted by Crippen LogP contribution is 2.13. The van der Waals surface area contributed by atoms with E-state index >= 15 is 0 Å². The van der Waals surface area contributed by atoms with Crippen molar-refractivity contribution in [1.29, 1.82) is 0 Å². The second-order valence-corrected chi connectivity index (χ2v) is 3.57. The third-order valence-corrected chi connectivity index (χ3v) is 2.25. The van der Waals surface area contributed by atoms with Gasteiger partial charge in [-0.05, 0) is 25.1 Å². The Balaban J connectivity index is 2.33. The summed E-state index contributed by atoms with van der Waals surface area (Å²) in [5.41, 5.74) is 0.0180. The Morgan fingerprint density at radius 2 is 1.94 bits per heavy atom. The van der Waals surface area contributed by atoms with Crippen LogP contribution in [0.15, 0.2) is 24.3 Å². The van der Waals surface area contributed by atoms with Gasteiger partial charge in [-0.15, -0.1) is 0 Å². The van der Waals surface area contributed by atoms with Gasteiger partial charge < -0.3 is 10.1 Å². The fraction of sp³-hybridized carbons (Fsp3) is 0.385. The van der Waals surface area contributed by atoms with Crippen molar-refractivity contribution in [2.45, 2.75) is 6.42 Å². The van der Waals surface area contributed by atoms with Gasteiger partial charge in [-0.25, -0.2) is 8.78 Å². The van der Waals surface area contributed by atoms with Crippen molar-refractivity contribution < 1.29 is 13.5 Å². The van der Waals surface area contributed by atoms with Crippen LogP contribution in [-0.2, 0) is 4.74 Å². The van der Waals surface area contributed by atoms with Gasteiger partial charge in [0.25, 0.3) is 0 Å². The van der Waals surface area contributed by atoms with Crippen molar-refractivity contribution in [3.8, 4) is 0 Å². The maximum atomic E-state index is 13.2. The normalized spacial score (nSPS) is 11.2. The molecule has 0 saturated heterocycles. The molecule has 1 aromatic carbocycles. The van der Waals surface area contributed by atoms with E-state index in [0.29, 0.717) is 6.61 Å². The molecule has 4 heteroatoms. The topological polar surface area (TPSA) is 21.3 Å². The van der Waals surface area contributed by atoms with Crippen molar-refractivity contribution in [3.05, 3.63) is 41.5 Å². The van der Waals surface area contributed by atoms with Crippen LogP contribution in [0.4, 0.5) is 8.78 Å². The predicted molar refractivity (Wildman–Crippen MR) is 64.8 cm³/mol. The molecule has 0 aromatic heterocycles. The molecule has 17 heavy (non-hydrogen) atoms. The minimum Gasteiger partial charge on any atom is -0.383 e. The standard InChI is InChI=1S/C13H17F2NO/c1-17-10-9-16-8-3-2-5-11-12(14)6-4-7-13(11)15/h2,4-7,16H,3,8-10H2,1H3. The number of rotatable bonds is 7. The number of hydrogen-bond acceptors (Lipinski definition) is 2. The zero-order chi connectivity index (χ0) is 12.5. The number of methoxy groups -OCH3 is 1. The van der Waals surface area contributed by atoms with Crippen LogP contribution < -0.4 is 5.32 Å². The average molecular weight is 241 g/mol. The van der Waals surface area contributed by atoms with Crippen LogP contribution in [0.3, 0.4) is 0 Å².